The molecule has 0 atom stereocenters. The van der Waals surface area contributed by atoms with Crippen molar-refractivity contribution in [1.82, 2.24) is 4.98 Å². The van der Waals surface area contributed by atoms with E-state index in [1.807, 2.05) is 6.20 Å². The minimum atomic E-state index is 0.778. The lowest BCUT2D eigenvalue weighted by Crippen LogP contribution is -2.04. The molecule has 1 aliphatic carbocycles. The summed E-state index contributed by atoms with van der Waals surface area (Å²) in [6, 6.07) is 8.94. The molecule has 1 saturated carbocycles. The van der Waals surface area contributed by atoms with Crippen molar-refractivity contribution in [2.45, 2.75) is 38.0 Å². The molecule has 17 heavy (non-hydrogen) atoms. The summed E-state index contributed by atoms with van der Waals surface area (Å²) >= 11 is 3.51. The molecular weight excluding hydrogens is 274 g/mol. The van der Waals surface area contributed by atoms with Crippen LogP contribution in [0, 0.1) is 0 Å². The predicted molar refractivity (Wildman–Crippen MR) is 75.3 cm³/mol. The summed E-state index contributed by atoms with van der Waals surface area (Å²) < 4.78 is 0.949. The Morgan fingerprint density at radius 3 is 2.71 bits per heavy atom. The topological polar surface area (TPSA) is 12.9 Å². The third kappa shape index (κ3) is 2.23. The highest BCUT2D eigenvalue weighted by atomic mass is 79.9. The second-order valence-corrected chi connectivity index (χ2v) is 5.67. The number of benzene rings is 1. The molecule has 1 aromatic carbocycles. The standard InChI is InChI=1S/C15H16BrN/c16-15-14-7-6-12(10-13(14)8-9-17-15)11-4-2-1-3-5-11/h6-11H,1-5H2. The van der Waals surface area contributed by atoms with E-state index < -0.39 is 0 Å². The molecule has 0 unspecified atom stereocenters. The second kappa shape index (κ2) is 4.77. The number of aromatic nitrogens is 1. The van der Waals surface area contributed by atoms with Crippen LogP contribution in [0.1, 0.15) is 43.6 Å². The largest absolute Gasteiger partial charge is 0.249 e. The summed E-state index contributed by atoms with van der Waals surface area (Å²) in [7, 11) is 0. The van der Waals surface area contributed by atoms with Crippen LogP contribution >= 0.6 is 15.9 Å². The van der Waals surface area contributed by atoms with Gasteiger partial charge in [-0.05, 0) is 51.7 Å². The van der Waals surface area contributed by atoms with E-state index in [9.17, 15) is 0 Å². The van der Waals surface area contributed by atoms with Gasteiger partial charge in [-0.2, -0.15) is 0 Å². The first-order chi connectivity index (χ1) is 8.34. The Morgan fingerprint density at radius 1 is 1.06 bits per heavy atom. The van der Waals surface area contributed by atoms with Gasteiger partial charge in [0.25, 0.3) is 0 Å². The van der Waals surface area contributed by atoms with E-state index in [0.717, 1.165) is 10.5 Å². The van der Waals surface area contributed by atoms with Crippen molar-refractivity contribution in [2.24, 2.45) is 0 Å². The molecule has 0 N–H and O–H groups in total. The maximum atomic E-state index is 4.27. The van der Waals surface area contributed by atoms with E-state index >= 15 is 0 Å². The van der Waals surface area contributed by atoms with Crippen LogP contribution in [0.3, 0.4) is 0 Å². The maximum absolute atomic E-state index is 4.27. The zero-order valence-corrected chi connectivity index (χ0v) is 11.4. The van der Waals surface area contributed by atoms with Gasteiger partial charge in [-0.25, -0.2) is 4.98 Å². The molecule has 3 rings (SSSR count). The van der Waals surface area contributed by atoms with Crippen LogP contribution in [0.25, 0.3) is 10.8 Å². The third-order valence-corrected chi connectivity index (χ3v) is 4.45. The van der Waals surface area contributed by atoms with Gasteiger partial charge in [0.2, 0.25) is 0 Å². The molecule has 0 bridgehead atoms. The average Bonchev–Trinajstić information content (AvgIpc) is 2.40. The third-order valence-electron chi connectivity index (χ3n) is 3.82. The monoisotopic (exact) mass is 289 g/mol. The van der Waals surface area contributed by atoms with Gasteiger partial charge >= 0.3 is 0 Å². The fourth-order valence-electron chi connectivity index (χ4n) is 2.85. The highest BCUT2D eigenvalue weighted by Crippen LogP contribution is 2.34. The summed E-state index contributed by atoms with van der Waals surface area (Å²) in [5, 5.41) is 2.52. The van der Waals surface area contributed by atoms with Gasteiger partial charge in [0, 0.05) is 11.6 Å². The second-order valence-electron chi connectivity index (χ2n) is 4.92. The summed E-state index contributed by atoms with van der Waals surface area (Å²) in [5.41, 5.74) is 1.51. The van der Waals surface area contributed by atoms with Crippen molar-refractivity contribution in [1.29, 1.82) is 0 Å². The first-order valence-corrected chi connectivity index (χ1v) is 7.18. The van der Waals surface area contributed by atoms with Crippen LogP contribution in [-0.4, -0.2) is 4.98 Å². The SMILES string of the molecule is Brc1nccc2cc(C3CCCCC3)ccc12. The van der Waals surface area contributed by atoms with Crippen molar-refractivity contribution < 1.29 is 0 Å². The first kappa shape index (κ1) is 11.2. The summed E-state index contributed by atoms with van der Waals surface area (Å²) in [4.78, 5) is 4.27. The molecule has 1 heterocycles. The molecule has 0 saturated heterocycles. The molecule has 1 fully saturated rings. The first-order valence-electron chi connectivity index (χ1n) is 6.39. The highest BCUT2D eigenvalue weighted by molar-refractivity contribution is 9.10. The average molecular weight is 290 g/mol. The van der Waals surface area contributed by atoms with Gasteiger partial charge < -0.3 is 0 Å². The quantitative estimate of drug-likeness (QED) is 0.670. The van der Waals surface area contributed by atoms with Crippen molar-refractivity contribution in [3.63, 3.8) is 0 Å². The molecule has 0 spiro atoms. The molecule has 2 heteroatoms. The number of rotatable bonds is 1. The fraction of sp³-hybridized carbons (Fsp3) is 0.400. The highest BCUT2D eigenvalue weighted by Gasteiger charge is 2.15. The summed E-state index contributed by atoms with van der Waals surface area (Å²) in [6.07, 6.45) is 8.79. The molecular formula is C15H16BrN. The number of halogens is 1. The Hall–Kier alpha value is -0.890. The minimum Gasteiger partial charge on any atom is -0.249 e. The van der Waals surface area contributed by atoms with Gasteiger partial charge in [0.15, 0.2) is 0 Å². The molecule has 1 nitrogen and oxygen atoms in total. The maximum Gasteiger partial charge on any atom is 0.113 e. The van der Waals surface area contributed by atoms with Crippen molar-refractivity contribution in [3.05, 3.63) is 40.6 Å². The van der Waals surface area contributed by atoms with Gasteiger partial charge in [0.05, 0.1) is 0 Å². The lowest BCUT2D eigenvalue weighted by Gasteiger charge is -2.22. The van der Waals surface area contributed by atoms with E-state index in [-0.39, 0.29) is 0 Å². The van der Waals surface area contributed by atoms with Crippen molar-refractivity contribution in [3.8, 4) is 0 Å². The molecule has 88 valence electrons. The number of nitrogens with zero attached hydrogens (tertiary/aromatic N) is 1. The molecule has 2 aromatic rings. The number of pyridine rings is 1. The fourth-order valence-corrected chi connectivity index (χ4v) is 3.33. The Bertz CT molecular complexity index is 529. The van der Waals surface area contributed by atoms with Crippen molar-refractivity contribution >= 4 is 26.7 Å². The zero-order valence-electron chi connectivity index (χ0n) is 9.82. The van der Waals surface area contributed by atoms with E-state index in [4.69, 9.17) is 0 Å². The predicted octanol–water partition coefficient (Wildman–Crippen LogP) is 5.05. The Morgan fingerprint density at radius 2 is 1.88 bits per heavy atom. The van der Waals surface area contributed by atoms with Gasteiger partial charge in [-0.15, -0.1) is 0 Å². The Labute approximate surface area is 110 Å². The minimum absolute atomic E-state index is 0.778. The van der Waals surface area contributed by atoms with Gasteiger partial charge in [0.1, 0.15) is 4.60 Å². The Balaban J connectivity index is 2.01. The van der Waals surface area contributed by atoms with Crippen LogP contribution in [0.2, 0.25) is 0 Å². The zero-order chi connectivity index (χ0) is 11.7. The summed E-state index contributed by atoms with van der Waals surface area (Å²) in [5.74, 6) is 0.778. The van der Waals surface area contributed by atoms with Gasteiger partial charge in [-0.3, -0.25) is 0 Å². The van der Waals surface area contributed by atoms with Crippen LogP contribution in [0.5, 0.6) is 0 Å². The van der Waals surface area contributed by atoms with Gasteiger partial charge in [-0.1, -0.05) is 37.5 Å². The lowest BCUT2D eigenvalue weighted by molar-refractivity contribution is 0.444. The van der Waals surface area contributed by atoms with Crippen molar-refractivity contribution in [2.75, 3.05) is 0 Å². The van der Waals surface area contributed by atoms with Crippen LogP contribution in [0.15, 0.2) is 35.1 Å². The normalized spacial score (nSPS) is 17.5. The molecule has 0 aliphatic heterocycles. The van der Waals surface area contributed by atoms with E-state index in [1.54, 1.807) is 0 Å². The molecule has 1 aromatic heterocycles. The van der Waals surface area contributed by atoms with Crippen LogP contribution in [0.4, 0.5) is 0 Å². The number of hydrogen-bond acceptors (Lipinski definition) is 1. The van der Waals surface area contributed by atoms with Crippen LogP contribution < -0.4 is 0 Å². The lowest BCUT2D eigenvalue weighted by atomic mass is 9.83. The number of hydrogen-bond donors (Lipinski definition) is 0. The van der Waals surface area contributed by atoms with E-state index in [1.165, 1.54) is 48.4 Å². The summed E-state index contributed by atoms with van der Waals surface area (Å²) in [6.45, 7) is 0. The molecule has 0 amide bonds. The van der Waals surface area contributed by atoms with E-state index in [2.05, 4.69) is 45.2 Å². The number of fused-ring (bicyclic) bond motifs is 1. The van der Waals surface area contributed by atoms with Crippen LogP contribution in [-0.2, 0) is 0 Å². The Kier molecular flexibility index (Phi) is 3.15. The smallest absolute Gasteiger partial charge is 0.113 e. The van der Waals surface area contributed by atoms with E-state index in [0.29, 0.717) is 0 Å². The molecule has 1 aliphatic rings. The molecule has 0 radical (unpaired) electrons.